The van der Waals surface area contributed by atoms with Crippen molar-refractivity contribution in [3.8, 4) is 0 Å². The van der Waals surface area contributed by atoms with Crippen molar-refractivity contribution < 1.29 is 18.0 Å². The van der Waals surface area contributed by atoms with Gasteiger partial charge in [0.2, 0.25) is 0 Å². The summed E-state index contributed by atoms with van der Waals surface area (Å²) < 4.78 is 39.0. The summed E-state index contributed by atoms with van der Waals surface area (Å²) in [4.78, 5) is 17.8. The molecule has 1 aliphatic heterocycles. The molecule has 1 amide bonds. The average Bonchev–Trinajstić information content (AvgIpc) is 3.25. The number of nitrogens with zero attached hydrogens (tertiary/aromatic N) is 2. The topological polar surface area (TPSA) is 23.6 Å². The van der Waals surface area contributed by atoms with E-state index in [-0.39, 0.29) is 17.7 Å². The Kier molecular flexibility index (Phi) is 8.38. The fourth-order valence-corrected chi connectivity index (χ4v) is 5.25. The van der Waals surface area contributed by atoms with E-state index in [1.807, 2.05) is 54.3 Å². The molecule has 0 N–H and O–H groups in total. The highest BCUT2D eigenvalue weighted by molar-refractivity contribution is 5.94. The van der Waals surface area contributed by atoms with Crippen LogP contribution in [-0.4, -0.2) is 41.9 Å². The summed E-state index contributed by atoms with van der Waals surface area (Å²) in [5, 5.41) is 0. The van der Waals surface area contributed by atoms with Gasteiger partial charge in [0.15, 0.2) is 0 Å². The Balaban J connectivity index is 1.54. The van der Waals surface area contributed by atoms with E-state index in [0.717, 1.165) is 36.3 Å². The Bertz CT molecular complexity index is 1160. The number of halogens is 3. The van der Waals surface area contributed by atoms with Gasteiger partial charge in [-0.3, -0.25) is 9.69 Å². The van der Waals surface area contributed by atoms with Gasteiger partial charge in [-0.2, -0.15) is 13.2 Å². The molecular weight excluding hydrogens is 473 g/mol. The number of hydrogen-bond acceptors (Lipinski definition) is 2. The molecule has 0 saturated carbocycles. The molecule has 0 aliphatic carbocycles. The molecule has 1 fully saturated rings. The van der Waals surface area contributed by atoms with Crippen molar-refractivity contribution in [2.45, 2.75) is 39.4 Å². The zero-order valence-electron chi connectivity index (χ0n) is 21.7. The van der Waals surface area contributed by atoms with Crippen LogP contribution in [0, 0.1) is 18.8 Å². The van der Waals surface area contributed by atoms with Gasteiger partial charge < -0.3 is 4.90 Å². The van der Waals surface area contributed by atoms with Crippen molar-refractivity contribution in [3.05, 3.63) is 107 Å². The predicted octanol–water partition coefficient (Wildman–Crippen LogP) is 7.03. The van der Waals surface area contributed by atoms with Gasteiger partial charge in [-0.15, -0.1) is 0 Å². The first-order valence-electron chi connectivity index (χ1n) is 12.9. The maximum Gasteiger partial charge on any atom is 0.416 e. The number of rotatable bonds is 8. The van der Waals surface area contributed by atoms with Crippen molar-refractivity contribution in [2.75, 3.05) is 26.2 Å². The Morgan fingerprint density at radius 1 is 0.946 bits per heavy atom. The first kappa shape index (κ1) is 26.9. The molecule has 196 valence electrons. The number of likely N-dealkylation sites (tertiary alicyclic amines) is 1. The molecule has 1 heterocycles. The lowest BCUT2D eigenvalue weighted by Crippen LogP contribution is -2.39. The lowest BCUT2D eigenvalue weighted by molar-refractivity contribution is -0.137. The molecule has 3 aromatic carbocycles. The predicted molar refractivity (Wildman–Crippen MR) is 141 cm³/mol. The highest BCUT2D eigenvalue weighted by Crippen LogP contribution is 2.35. The van der Waals surface area contributed by atoms with E-state index in [0.29, 0.717) is 31.1 Å². The number of carbonyl (C=O) groups is 1. The number of amides is 1. The van der Waals surface area contributed by atoms with Crippen LogP contribution in [0.15, 0.2) is 78.9 Å². The van der Waals surface area contributed by atoms with Crippen molar-refractivity contribution in [1.29, 1.82) is 0 Å². The maximum atomic E-state index is 13.5. The highest BCUT2D eigenvalue weighted by Gasteiger charge is 2.36. The molecule has 2 atom stereocenters. The minimum absolute atomic E-state index is 0.0432. The van der Waals surface area contributed by atoms with E-state index < -0.39 is 11.7 Å². The van der Waals surface area contributed by atoms with Crippen LogP contribution in [0.1, 0.15) is 52.4 Å². The third-order valence-electron chi connectivity index (χ3n) is 7.06. The second kappa shape index (κ2) is 11.5. The summed E-state index contributed by atoms with van der Waals surface area (Å²) in [5.74, 6) is 0.817. The third kappa shape index (κ3) is 7.01. The molecule has 0 bridgehead atoms. The second-order valence-electron chi connectivity index (χ2n) is 10.6. The Morgan fingerprint density at radius 2 is 1.59 bits per heavy atom. The Morgan fingerprint density at radius 3 is 2.19 bits per heavy atom. The number of alkyl halides is 3. The maximum absolute atomic E-state index is 13.5. The lowest BCUT2D eigenvalue weighted by Gasteiger charge is -2.30. The summed E-state index contributed by atoms with van der Waals surface area (Å²) in [6.45, 7) is 9.70. The zero-order chi connectivity index (χ0) is 26.6. The fraction of sp³-hybridized carbons (Fsp3) is 0.387. The summed E-state index contributed by atoms with van der Waals surface area (Å²) in [5.41, 5.74) is 3.27. The molecule has 37 heavy (non-hydrogen) atoms. The van der Waals surface area contributed by atoms with Gasteiger partial charge in [0.1, 0.15) is 0 Å². The Hall–Kier alpha value is -3.12. The van der Waals surface area contributed by atoms with Crippen molar-refractivity contribution in [2.24, 2.45) is 11.8 Å². The Labute approximate surface area is 217 Å². The standard InChI is InChI=1S/C31H35F3N2O/c1-22(2)17-36(30(37)26-13-9-23(3)10-14-26)20-27-19-35(21-29(27)25-7-5-4-6-8-25)18-24-11-15-28(16-12-24)31(32,33)34/h4-16,22,27,29H,17-21H2,1-3H3. The largest absolute Gasteiger partial charge is 0.416 e. The molecule has 6 heteroatoms. The van der Waals surface area contributed by atoms with Crippen molar-refractivity contribution in [3.63, 3.8) is 0 Å². The van der Waals surface area contributed by atoms with E-state index in [1.165, 1.54) is 5.56 Å². The smallest absolute Gasteiger partial charge is 0.338 e. The molecule has 3 nitrogen and oxygen atoms in total. The van der Waals surface area contributed by atoms with E-state index >= 15 is 0 Å². The minimum atomic E-state index is -4.33. The third-order valence-corrected chi connectivity index (χ3v) is 7.06. The highest BCUT2D eigenvalue weighted by atomic mass is 19.4. The van der Waals surface area contributed by atoms with Gasteiger partial charge in [-0.1, -0.05) is 74.0 Å². The van der Waals surface area contributed by atoms with Crippen LogP contribution in [0.4, 0.5) is 13.2 Å². The molecule has 1 saturated heterocycles. The first-order chi connectivity index (χ1) is 17.6. The van der Waals surface area contributed by atoms with Crippen molar-refractivity contribution >= 4 is 5.91 Å². The van der Waals surface area contributed by atoms with E-state index in [1.54, 1.807) is 12.1 Å². The number of aryl methyl sites for hydroxylation is 1. The molecule has 4 rings (SSSR count). The van der Waals surface area contributed by atoms with Crippen LogP contribution < -0.4 is 0 Å². The molecular formula is C31H35F3N2O. The van der Waals surface area contributed by atoms with Crippen LogP contribution in [0.25, 0.3) is 0 Å². The molecule has 0 radical (unpaired) electrons. The second-order valence-corrected chi connectivity index (χ2v) is 10.6. The summed E-state index contributed by atoms with van der Waals surface area (Å²) in [7, 11) is 0. The van der Waals surface area contributed by atoms with Crippen LogP contribution in [0.3, 0.4) is 0 Å². The van der Waals surface area contributed by atoms with Gasteiger partial charge in [0.25, 0.3) is 5.91 Å². The van der Waals surface area contributed by atoms with Gasteiger partial charge in [-0.05, 0) is 54.2 Å². The fourth-order valence-electron chi connectivity index (χ4n) is 5.25. The normalized spacial score (nSPS) is 18.4. The van der Waals surface area contributed by atoms with Crippen LogP contribution >= 0.6 is 0 Å². The van der Waals surface area contributed by atoms with Crippen LogP contribution in [0.5, 0.6) is 0 Å². The molecule has 1 aliphatic rings. The number of benzene rings is 3. The van der Waals surface area contributed by atoms with Crippen molar-refractivity contribution in [1.82, 2.24) is 9.80 Å². The van der Waals surface area contributed by atoms with Crippen LogP contribution in [0.2, 0.25) is 0 Å². The van der Waals surface area contributed by atoms with E-state index in [2.05, 4.69) is 30.9 Å². The molecule has 2 unspecified atom stereocenters. The van der Waals surface area contributed by atoms with Gasteiger partial charge in [0, 0.05) is 44.2 Å². The molecule has 0 spiro atoms. The lowest BCUT2D eigenvalue weighted by atomic mass is 9.88. The van der Waals surface area contributed by atoms with Gasteiger partial charge >= 0.3 is 6.18 Å². The summed E-state index contributed by atoms with van der Waals surface area (Å²) >= 11 is 0. The van der Waals surface area contributed by atoms with Gasteiger partial charge in [0.05, 0.1) is 5.56 Å². The zero-order valence-corrected chi connectivity index (χ0v) is 21.7. The van der Waals surface area contributed by atoms with E-state index in [4.69, 9.17) is 0 Å². The SMILES string of the molecule is Cc1ccc(C(=O)N(CC(C)C)CC2CN(Cc3ccc(C(F)(F)F)cc3)CC2c2ccccc2)cc1. The minimum Gasteiger partial charge on any atom is -0.338 e. The summed E-state index contributed by atoms with van der Waals surface area (Å²) in [6, 6.07) is 23.5. The molecule has 0 aromatic heterocycles. The summed E-state index contributed by atoms with van der Waals surface area (Å²) in [6.07, 6.45) is -4.33. The monoisotopic (exact) mass is 508 g/mol. The number of carbonyl (C=O) groups excluding carboxylic acids is 1. The average molecular weight is 509 g/mol. The molecule has 3 aromatic rings. The quantitative estimate of drug-likeness (QED) is 0.326. The first-order valence-corrected chi connectivity index (χ1v) is 12.9. The number of hydrogen-bond donors (Lipinski definition) is 0. The van der Waals surface area contributed by atoms with Crippen LogP contribution in [-0.2, 0) is 12.7 Å². The van der Waals surface area contributed by atoms with Gasteiger partial charge in [-0.25, -0.2) is 0 Å². The van der Waals surface area contributed by atoms with E-state index in [9.17, 15) is 18.0 Å².